The van der Waals surface area contributed by atoms with E-state index in [-0.39, 0.29) is 0 Å². The van der Waals surface area contributed by atoms with Gasteiger partial charge in [0.05, 0.1) is 6.10 Å². The summed E-state index contributed by atoms with van der Waals surface area (Å²) in [7, 11) is 0. The van der Waals surface area contributed by atoms with E-state index in [1.165, 1.54) is 0 Å². The molecule has 0 aromatic carbocycles. The smallest absolute Gasteiger partial charge is 0.129 e. The molecule has 0 saturated carbocycles. The molecule has 1 aliphatic rings. The maximum absolute atomic E-state index is 5.68. The second kappa shape index (κ2) is 5.45. The van der Waals surface area contributed by atoms with Crippen LogP contribution in [0.3, 0.4) is 0 Å². The van der Waals surface area contributed by atoms with Crippen LogP contribution in [-0.2, 0) is 4.74 Å². The highest BCUT2D eigenvalue weighted by Crippen LogP contribution is 2.23. The SMILES string of the molecule is CCC1OCCC1CNc1cc(C)nc(C)n1. The van der Waals surface area contributed by atoms with E-state index in [4.69, 9.17) is 4.74 Å². The van der Waals surface area contributed by atoms with Gasteiger partial charge in [0, 0.05) is 30.8 Å². The molecule has 17 heavy (non-hydrogen) atoms. The van der Waals surface area contributed by atoms with Gasteiger partial charge in [0.2, 0.25) is 0 Å². The molecule has 2 atom stereocenters. The number of rotatable bonds is 4. The first-order chi connectivity index (χ1) is 8.19. The zero-order valence-electron chi connectivity index (χ0n) is 10.9. The summed E-state index contributed by atoms with van der Waals surface area (Å²) in [6, 6.07) is 1.99. The van der Waals surface area contributed by atoms with Gasteiger partial charge in [-0.25, -0.2) is 9.97 Å². The Hall–Kier alpha value is -1.16. The summed E-state index contributed by atoms with van der Waals surface area (Å²) in [4.78, 5) is 8.65. The summed E-state index contributed by atoms with van der Waals surface area (Å²) in [6.45, 7) is 7.93. The number of anilines is 1. The fourth-order valence-electron chi connectivity index (χ4n) is 2.42. The molecule has 2 heterocycles. The number of hydrogen-bond acceptors (Lipinski definition) is 4. The third-order valence-corrected chi connectivity index (χ3v) is 3.26. The molecule has 1 saturated heterocycles. The van der Waals surface area contributed by atoms with Crippen molar-refractivity contribution in [3.8, 4) is 0 Å². The topological polar surface area (TPSA) is 47.0 Å². The maximum atomic E-state index is 5.68. The molecule has 4 nitrogen and oxygen atoms in total. The van der Waals surface area contributed by atoms with Crippen molar-refractivity contribution in [2.45, 2.75) is 39.7 Å². The van der Waals surface area contributed by atoms with Crippen molar-refractivity contribution in [1.82, 2.24) is 9.97 Å². The van der Waals surface area contributed by atoms with Crippen molar-refractivity contribution in [3.05, 3.63) is 17.6 Å². The standard InChI is InChI=1S/C13H21N3O/c1-4-12-11(5-6-17-12)8-14-13-7-9(2)15-10(3)16-13/h7,11-12H,4-6,8H2,1-3H3,(H,14,15,16). The van der Waals surface area contributed by atoms with Gasteiger partial charge in [0.25, 0.3) is 0 Å². The van der Waals surface area contributed by atoms with E-state index in [0.29, 0.717) is 12.0 Å². The summed E-state index contributed by atoms with van der Waals surface area (Å²) < 4.78 is 5.68. The molecule has 1 aromatic heterocycles. The van der Waals surface area contributed by atoms with E-state index in [2.05, 4.69) is 22.2 Å². The second-order valence-corrected chi connectivity index (χ2v) is 4.69. The van der Waals surface area contributed by atoms with Gasteiger partial charge in [0.1, 0.15) is 11.6 Å². The summed E-state index contributed by atoms with van der Waals surface area (Å²) in [5.41, 5.74) is 1.01. The van der Waals surface area contributed by atoms with E-state index in [1.54, 1.807) is 0 Å². The third kappa shape index (κ3) is 3.16. The number of nitrogens with one attached hydrogen (secondary N) is 1. The molecule has 0 bridgehead atoms. The average Bonchev–Trinajstić information content (AvgIpc) is 2.72. The lowest BCUT2D eigenvalue weighted by molar-refractivity contribution is 0.0900. The van der Waals surface area contributed by atoms with Crippen molar-refractivity contribution in [1.29, 1.82) is 0 Å². The van der Waals surface area contributed by atoms with Gasteiger partial charge in [-0.05, 0) is 26.7 Å². The summed E-state index contributed by atoms with van der Waals surface area (Å²) in [5.74, 6) is 2.36. The highest BCUT2D eigenvalue weighted by molar-refractivity contribution is 5.35. The van der Waals surface area contributed by atoms with Gasteiger partial charge in [-0.15, -0.1) is 0 Å². The highest BCUT2D eigenvalue weighted by atomic mass is 16.5. The minimum atomic E-state index is 0.409. The van der Waals surface area contributed by atoms with Gasteiger partial charge >= 0.3 is 0 Å². The van der Waals surface area contributed by atoms with Crippen molar-refractivity contribution >= 4 is 5.82 Å². The molecule has 94 valence electrons. The van der Waals surface area contributed by atoms with Gasteiger partial charge in [0.15, 0.2) is 0 Å². The Labute approximate surface area is 103 Å². The van der Waals surface area contributed by atoms with Crippen LogP contribution in [0.15, 0.2) is 6.07 Å². The lowest BCUT2D eigenvalue weighted by atomic mass is 10.00. The van der Waals surface area contributed by atoms with E-state index < -0.39 is 0 Å². The first-order valence-corrected chi connectivity index (χ1v) is 6.36. The molecule has 1 aromatic rings. The fraction of sp³-hybridized carbons (Fsp3) is 0.692. The Morgan fingerprint density at radius 3 is 2.94 bits per heavy atom. The summed E-state index contributed by atoms with van der Waals surface area (Å²) in [6.07, 6.45) is 2.65. The Morgan fingerprint density at radius 1 is 1.41 bits per heavy atom. The van der Waals surface area contributed by atoms with Crippen LogP contribution in [0.2, 0.25) is 0 Å². The van der Waals surface area contributed by atoms with Crippen molar-refractivity contribution in [3.63, 3.8) is 0 Å². The lowest BCUT2D eigenvalue weighted by Crippen LogP contribution is -2.23. The molecule has 1 fully saturated rings. The van der Waals surface area contributed by atoms with E-state index in [1.807, 2.05) is 19.9 Å². The first-order valence-electron chi connectivity index (χ1n) is 6.36. The molecule has 0 amide bonds. The zero-order valence-corrected chi connectivity index (χ0v) is 10.9. The molecule has 4 heteroatoms. The predicted molar refractivity (Wildman–Crippen MR) is 68.1 cm³/mol. The predicted octanol–water partition coefficient (Wildman–Crippen LogP) is 2.32. The number of ether oxygens (including phenoxy) is 1. The van der Waals surface area contributed by atoms with Gasteiger partial charge in [-0.1, -0.05) is 6.92 Å². The molecule has 0 aliphatic carbocycles. The monoisotopic (exact) mass is 235 g/mol. The number of aryl methyl sites for hydroxylation is 2. The largest absolute Gasteiger partial charge is 0.378 e. The Balaban J connectivity index is 1.93. The molecule has 1 N–H and O–H groups in total. The molecular formula is C13H21N3O. The molecular weight excluding hydrogens is 214 g/mol. The lowest BCUT2D eigenvalue weighted by Gasteiger charge is -2.17. The van der Waals surface area contributed by atoms with Gasteiger partial charge in [-0.3, -0.25) is 0 Å². The van der Waals surface area contributed by atoms with E-state index >= 15 is 0 Å². The van der Waals surface area contributed by atoms with Crippen LogP contribution in [0.4, 0.5) is 5.82 Å². The molecule has 0 spiro atoms. The first kappa shape index (κ1) is 12.3. The normalized spacial score (nSPS) is 23.9. The Morgan fingerprint density at radius 2 is 2.24 bits per heavy atom. The van der Waals surface area contributed by atoms with Crippen molar-refractivity contribution in [2.75, 3.05) is 18.5 Å². The van der Waals surface area contributed by atoms with Gasteiger partial charge in [-0.2, -0.15) is 0 Å². The molecule has 2 unspecified atom stereocenters. The number of nitrogens with zero attached hydrogens (tertiary/aromatic N) is 2. The molecule has 0 radical (unpaired) electrons. The van der Waals surface area contributed by atoms with Crippen LogP contribution in [0.1, 0.15) is 31.3 Å². The molecule has 1 aliphatic heterocycles. The Kier molecular flexibility index (Phi) is 3.94. The minimum Gasteiger partial charge on any atom is -0.378 e. The number of hydrogen-bond donors (Lipinski definition) is 1. The average molecular weight is 235 g/mol. The third-order valence-electron chi connectivity index (χ3n) is 3.26. The van der Waals surface area contributed by atoms with E-state index in [0.717, 1.165) is 43.3 Å². The molecule has 2 rings (SSSR count). The van der Waals surface area contributed by atoms with Crippen LogP contribution in [0, 0.1) is 19.8 Å². The van der Waals surface area contributed by atoms with Crippen molar-refractivity contribution in [2.24, 2.45) is 5.92 Å². The van der Waals surface area contributed by atoms with Crippen LogP contribution in [0.5, 0.6) is 0 Å². The highest BCUT2D eigenvalue weighted by Gasteiger charge is 2.26. The number of aromatic nitrogens is 2. The van der Waals surface area contributed by atoms with Crippen LogP contribution in [-0.4, -0.2) is 29.2 Å². The maximum Gasteiger partial charge on any atom is 0.129 e. The Bertz CT molecular complexity index is 361. The van der Waals surface area contributed by atoms with Crippen LogP contribution in [0.25, 0.3) is 0 Å². The van der Waals surface area contributed by atoms with Gasteiger partial charge < -0.3 is 10.1 Å². The van der Waals surface area contributed by atoms with Crippen LogP contribution >= 0.6 is 0 Å². The second-order valence-electron chi connectivity index (χ2n) is 4.69. The summed E-state index contributed by atoms with van der Waals surface area (Å²) >= 11 is 0. The fourth-order valence-corrected chi connectivity index (χ4v) is 2.42. The van der Waals surface area contributed by atoms with Crippen LogP contribution < -0.4 is 5.32 Å². The van der Waals surface area contributed by atoms with Crippen molar-refractivity contribution < 1.29 is 4.74 Å². The minimum absolute atomic E-state index is 0.409. The van der Waals surface area contributed by atoms with E-state index in [9.17, 15) is 0 Å². The summed E-state index contributed by atoms with van der Waals surface area (Å²) in [5, 5.41) is 3.40. The zero-order chi connectivity index (χ0) is 12.3. The quantitative estimate of drug-likeness (QED) is 0.870.